The topological polar surface area (TPSA) is 47.9 Å². The van der Waals surface area contributed by atoms with Gasteiger partial charge in [-0.3, -0.25) is 4.79 Å². The molecule has 0 bridgehead atoms. The monoisotopic (exact) mass is 275 g/mol. The Morgan fingerprint density at radius 1 is 1.35 bits per heavy atom. The number of nitrogens with zero attached hydrogens (tertiary/aromatic N) is 1. The molecule has 1 unspecified atom stereocenters. The summed E-state index contributed by atoms with van der Waals surface area (Å²) in [5, 5.41) is 3.81. The molecule has 0 fully saturated rings. The first-order valence-corrected chi connectivity index (χ1v) is 7.11. The second kappa shape index (κ2) is 7.80. The maximum atomic E-state index is 11.1. The van der Waals surface area contributed by atoms with E-state index in [4.69, 9.17) is 9.57 Å². The van der Waals surface area contributed by atoms with Crippen LogP contribution in [0, 0.1) is 0 Å². The van der Waals surface area contributed by atoms with Crippen molar-refractivity contribution in [3.05, 3.63) is 35.9 Å². The number of oxime groups is 1. The van der Waals surface area contributed by atoms with Crippen molar-refractivity contribution in [3.8, 4) is 0 Å². The van der Waals surface area contributed by atoms with Crippen LogP contribution in [0.3, 0.4) is 0 Å². The molecule has 0 amide bonds. The number of rotatable bonds is 8. The average molecular weight is 275 g/mol. The molecule has 4 heteroatoms. The van der Waals surface area contributed by atoms with Crippen molar-refractivity contribution in [2.24, 2.45) is 5.16 Å². The maximum absolute atomic E-state index is 11.1. The Labute approximate surface area is 119 Å². The zero-order valence-corrected chi connectivity index (χ0v) is 11.9. The van der Waals surface area contributed by atoms with Gasteiger partial charge >= 0.3 is 0 Å². The van der Waals surface area contributed by atoms with Crippen molar-refractivity contribution in [1.82, 2.24) is 0 Å². The van der Waals surface area contributed by atoms with Crippen LogP contribution in [-0.2, 0) is 21.0 Å². The lowest BCUT2D eigenvalue weighted by atomic mass is 10.1. The molecule has 1 aromatic rings. The molecule has 4 nitrogen and oxygen atoms in total. The number of hydrogen-bond donors (Lipinski definition) is 0. The van der Waals surface area contributed by atoms with E-state index in [2.05, 4.69) is 17.3 Å². The van der Waals surface area contributed by atoms with E-state index in [1.165, 1.54) is 12.5 Å². The smallest absolute Gasteiger partial charge is 0.177 e. The summed E-state index contributed by atoms with van der Waals surface area (Å²) in [5.41, 5.74) is 1.77. The summed E-state index contributed by atoms with van der Waals surface area (Å²) in [5.74, 6) is 0.0127. The molecule has 1 aliphatic heterocycles. The van der Waals surface area contributed by atoms with Crippen LogP contribution in [0.15, 0.2) is 35.5 Å². The Kier molecular flexibility index (Phi) is 5.74. The third kappa shape index (κ3) is 4.78. The molecule has 2 rings (SSSR count). The third-order valence-electron chi connectivity index (χ3n) is 3.32. The molecule has 1 heterocycles. The first-order chi connectivity index (χ1) is 9.75. The fourth-order valence-electron chi connectivity index (χ4n) is 2.13. The van der Waals surface area contributed by atoms with Crippen LogP contribution in [0.2, 0.25) is 0 Å². The fourth-order valence-corrected chi connectivity index (χ4v) is 2.13. The Morgan fingerprint density at radius 3 is 2.85 bits per heavy atom. The number of benzene rings is 1. The molecule has 0 saturated heterocycles. The van der Waals surface area contributed by atoms with Crippen LogP contribution in [-0.4, -0.2) is 24.2 Å². The van der Waals surface area contributed by atoms with E-state index < -0.39 is 0 Å². The summed E-state index contributed by atoms with van der Waals surface area (Å²) in [6.45, 7) is 2.95. The molecule has 1 atom stereocenters. The Balaban J connectivity index is 1.50. The van der Waals surface area contributed by atoms with Gasteiger partial charge < -0.3 is 9.57 Å². The predicted molar refractivity (Wildman–Crippen MR) is 77.6 cm³/mol. The SMILES string of the molecule is CC(=O)C1=NOC(CCCCOCc2ccccc2)C1. The van der Waals surface area contributed by atoms with Crippen molar-refractivity contribution < 1.29 is 14.4 Å². The molecule has 20 heavy (non-hydrogen) atoms. The van der Waals surface area contributed by atoms with E-state index in [9.17, 15) is 4.79 Å². The molecular formula is C16H21NO3. The van der Waals surface area contributed by atoms with Crippen LogP contribution < -0.4 is 0 Å². The minimum absolute atomic E-state index is 0.0127. The predicted octanol–water partition coefficient (Wildman–Crippen LogP) is 3.11. The lowest BCUT2D eigenvalue weighted by Gasteiger charge is -2.08. The fraction of sp³-hybridized carbons (Fsp3) is 0.500. The van der Waals surface area contributed by atoms with Gasteiger partial charge in [0.2, 0.25) is 0 Å². The number of Topliss-reactive ketones (excluding diaryl/α,β-unsaturated/α-hetero) is 1. The summed E-state index contributed by atoms with van der Waals surface area (Å²) in [6.07, 6.45) is 3.68. The van der Waals surface area contributed by atoms with Gasteiger partial charge in [0.1, 0.15) is 11.8 Å². The molecule has 0 aromatic heterocycles. The zero-order chi connectivity index (χ0) is 14.2. The van der Waals surface area contributed by atoms with E-state index in [0.29, 0.717) is 18.7 Å². The standard InChI is InChI=1S/C16H21NO3/c1-13(18)16-11-15(20-17-16)9-5-6-10-19-12-14-7-3-2-4-8-14/h2-4,7-8,15H,5-6,9-12H2,1H3. The summed E-state index contributed by atoms with van der Waals surface area (Å²) >= 11 is 0. The van der Waals surface area contributed by atoms with E-state index in [0.717, 1.165) is 25.9 Å². The minimum Gasteiger partial charge on any atom is -0.392 e. The van der Waals surface area contributed by atoms with Gasteiger partial charge in [0.25, 0.3) is 0 Å². The summed E-state index contributed by atoms with van der Waals surface area (Å²) in [7, 11) is 0. The highest BCUT2D eigenvalue weighted by Gasteiger charge is 2.22. The Morgan fingerprint density at radius 2 is 2.15 bits per heavy atom. The number of ketones is 1. The lowest BCUT2D eigenvalue weighted by Crippen LogP contribution is -2.12. The average Bonchev–Trinajstić information content (AvgIpc) is 2.93. The van der Waals surface area contributed by atoms with Crippen molar-refractivity contribution in [3.63, 3.8) is 0 Å². The zero-order valence-electron chi connectivity index (χ0n) is 11.9. The van der Waals surface area contributed by atoms with Gasteiger partial charge in [0.15, 0.2) is 5.78 Å². The van der Waals surface area contributed by atoms with E-state index in [-0.39, 0.29) is 11.9 Å². The number of unbranched alkanes of at least 4 members (excludes halogenated alkanes) is 1. The molecule has 0 saturated carbocycles. The van der Waals surface area contributed by atoms with Gasteiger partial charge in [-0.05, 0) is 24.8 Å². The number of carbonyl (C=O) groups excluding carboxylic acids is 1. The second-order valence-corrected chi connectivity index (χ2v) is 5.06. The molecule has 0 aliphatic carbocycles. The van der Waals surface area contributed by atoms with Gasteiger partial charge in [-0.25, -0.2) is 0 Å². The summed E-state index contributed by atoms with van der Waals surface area (Å²) in [4.78, 5) is 16.3. The van der Waals surface area contributed by atoms with Crippen molar-refractivity contribution in [2.45, 2.75) is 45.3 Å². The summed E-state index contributed by atoms with van der Waals surface area (Å²) in [6, 6.07) is 10.2. The Hall–Kier alpha value is -1.68. The highest BCUT2D eigenvalue weighted by Crippen LogP contribution is 2.17. The number of hydrogen-bond acceptors (Lipinski definition) is 4. The molecular weight excluding hydrogens is 254 g/mol. The van der Waals surface area contributed by atoms with Gasteiger partial charge in [-0.2, -0.15) is 0 Å². The minimum atomic E-state index is 0.0127. The van der Waals surface area contributed by atoms with Crippen LogP contribution in [0.1, 0.15) is 38.2 Å². The van der Waals surface area contributed by atoms with Gasteiger partial charge in [0.05, 0.1) is 6.61 Å². The molecule has 108 valence electrons. The van der Waals surface area contributed by atoms with Crippen LogP contribution in [0.5, 0.6) is 0 Å². The van der Waals surface area contributed by atoms with Gasteiger partial charge in [-0.15, -0.1) is 0 Å². The number of carbonyl (C=O) groups is 1. The van der Waals surface area contributed by atoms with Crippen molar-refractivity contribution in [1.29, 1.82) is 0 Å². The third-order valence-corrected chi connectivity index (χ3v) is 3.32. The van der Waals surface area contributed by atoms with E-state index in [1.807, 2.05) is 18.2 Å². The van der Waals surface area contributed by atoms with Gasteiger partial charge in [0, 0.05) is 20.0 Å². The van der Waals surface area contributed by atoms with Crippen molar-refractivity contribution >= 4 is 11.5 Å². The van der Waals surface area contributed by atoms with Crippen LogP contribution in [0.4, 0.5) is 0 Å². The van der Waals surface area contributed by atoms with Crippen molar-refractivity contribution in [2.75, 3.05) is 6.61 Å². The largest absolute Gasteiger partial charge is 0.392 e. The van der Waals surface area contributed by atoms with Crippen LogP contribution >= 0.6 is 0 Å². The van der Waals surface area contributed by atoms with E-state index in [1.54, 1.807) is 0 Å². The quantitative estimate of drug-likeness (QED) is 0.685. The number of ether oxygens (including phenoxy) is 1. The normalized spacial score (nSPS) is 17.6. The van der Waals surface area contributed by atoms with Gasteiger partial charge in [-0.1, -0.05) is 35.5 Å². The summed E-state index contributed by atoms with van der Waals surface area (Å²) < 4.78 is 5.62. The lowest BCUT2D eigenvalue weighted by molar-refractivity contribution is -0.111. The molecule has 0 radical (unpaired) electrons. The van der Waals surface area contributed by atoms with E-state index >= 15 is 0 Å². The Bertz CT molecular complexity index is 456. The first kappa shape index (κ1) is 14.7. The maximum Gasteiger partial charge on any atom is 0.177 e. The molecule has 0 N–H and O–H groups in total. The second-order valence-electron chi connectivity index (χ2n) is 5.06. The first-order valence-electron chi connectivity index (χ1n) is 7.11. The molecule has 0 spiro atoms. The van der Waals surface area contributed by atoms with Crippen LogP contribution in [0.25, 0.3) is 0 Å². The molecule has 1 aliphatic rings. The highest BCUT2D eigenvalue weighted by molar-refractivity contribution is 6.39. The molecule has 1 aromatic carbocycles. The highest BCUT2D eigenvalue weighted by atomic mass is 16.6.